The summed E-state index contributed by atoms with van der Waals surface area (Å²) in [5.74, 6) is -0.295. The summed E-state index contributed by atoms with van der Waals surface area (Å²) in [5.41, 5.74) is 1.33. The van der Waals surface area contributed by atoms with Crippen molar-refractivity contribution in [2.45, 2.75) is 26.3 Å². The van der Waals surface area contributed by atoms with Gasteiger partial charge in [-0.1, -0.05) is 19.1 Å². The molecule has 2 heterocycles. The molecule has 1 saturated heterocycles. The summed E-state index contributed by atoms with van der Waals surface area (Å²) >= 11 is 1.48. The SMILES string of the molecule is CCC1CN(C)CCN1C(=O)c1nc(C)sc1-c1ccc(F)cc1. The molecule has 2 aromatic rings. The smallest absolute Gasteiger partial charge is 0.274 e. The highest BCUT2D eigenvalue weighted by Gasteiger charge is 2.31. The number of carbonyl (C=O) groups excluding carboxylic acids is 1. The van der Waals surface area contributed by atoms with Gasteiger partial charge >= 0.3 is 0 Å². The number of aromatic nitrogens is 1. The fraction of sp³-hybridized carbons (Fsp3) is 0.444. The molecule has 0 spiro atoms. The van der Waals surface area contributed by atoms with Crippen LogP contribution in [0.25, 0.3) is 10.4 Å². The zero-order chi connectivity index (χ0) is 17.3. The topological polar surface area (TPSA) is 36.4 Å². The van der Waals surface area contributed by atoms with Gasteiger partial charge in [0.2, 0.25) is 0 Å². The zero-order valence-electron chi connectivity index (χ0n) is 14.3. The number of carbonyl (C=O) groups is 1. The summed E-state index contributed by atoms with van der Waals surface area (Å²) in [6, 6.07) is 6.47. The van der Waals surface area contributed by atoms with Crippen LogP contribution in [0.1, 0.15) is 28.8 Å². The van der Waals surface area contributed by atoms with Crippen LogP contribution in [0, 0.1) is 12.7 Å². The summed E-state index contributed by atoms with van der Waals surface area (Å²) in [5, 5.41) is 0.847. The molecule has 1 unspecified atom stereocenters. The second kappa shape index (κ2) is 6.99. The molecule has 1 fully saturated rings. The van der Waals surface area contributed by atoms with E-state index in [1.807, 2.05) is 11.8 Å². The fourth-order valence-electron chi connectivity index (χ4n) is 3.13. The minimum absolute atomic E-state index is 0.0152. The van der Waals surface area contributed by atoms with Crippen LogP contribution in [-0.2, 0) is 0 Å². The summed E-state index contributed by atoms with van der Waals surface area (Å²) in [6.07, 6.45) is 0.922. The minimum Gasteiger partial charge on any atom is -0.332 e. The lowest BCUT2D eigenvalue weighted by molar-refractivity contribution is 0.0489. The molecule has 0 bridgehead atoms. The normalized spacial score (nSPS) is 18.8. The predicted octanol–water partition coefficient (Wildman–Crippen LogP) is 3.42. The first-order valence-corrected chi connectivity index (χ1v) is 9.04. The molecule has 24 heavy (non-hydrogen) atoms. The molecule has 1 aromatic heterocycles. The summed E-state index contributed by atoms with van der Waals surface area (Å²) in [7, 11) is 2.08. The van der Waals surface area contributed by atoms with E-state index in [0.29, 0.717) is 12.2 Å². The predicted molar refractivity (Wildman–Crippen MR) is 94.9 cm³/mol. The van der Waals surface area contributed by atoms with Crippen molar-refractivity contribution in [3.05, 3.63) is 40.8 Å². The van der Waals surface area contributed by atoms with Gasteiger partial charge in [-0.25, -0.2) is 9.37 Å². The van der Waals surface area contributed by atoms with Crippen LogP contribution in [0.15, 0.2) is 24.3 Å². The minimum atomic E-state index is -0.280. The van der Waals surface area contributed by atoms with Gasteiger partial charge in [0.25, 0.3) is 5.91 Å². The number of rotatable bonds is 3. The van der Waals surface area contributed by atoms with Crippen LogP contribution >= 0.6 is 11.3 Å². The Morgan fingerprint density at radius 1 is 1.33 bits per heavy atom. The Kier molecular flexibility index (Phi) is 4.96. The van der Waals surface area contributed by atoms with Crippen molar-refractivity contribution in [2.24, 2.45) is 0 Å². The van der Waals surface area contributed by atoms with E-state index in [2.05, 4.69) is 23.9 Å². The average Bonchev–Trinajstić information content (AvgIpc) is 2.96. The Balaban J connectivity index is 1.94. The number of hydrogen-bond acceptors (Lipinski definition) is 4. The Hall–Kier alpha value is -1.79. The van der Waals surface area contributed by atoms with Crippen molar-refractivity contribution in [3.63, 3.8) is 0 Å². The molecule has 1 aliphatic rings. The van der Waals surface area contributed by atoms with Crippen LogP contribution < -0.4 is 0 Å². The van der Waals surface area contributed by atoms with Crippen LogP contribution in [0.5, 0.6) is 0 Å². The maximum absolute atomic E-state index is 13.2. The quantitative estimate of drug-likeness (QED) is 0.854. The molecule has 0 aliphatic carbocycles. The van der Waals surface area contributed by atoms with Crippen molar-refractivity contribution in [3.8, 4) is 10.4 Å². The molecule has 1 aromatic carbocycles. The number of benzene rings is 1. The first-order valence-electron chi connectivity index (χ1n) is 8.22. The van der Waals surface area contributed by atoms with Crippen LogP contribution in [-0.4, -0.2) is 53.4 Å². The lowest BCUT2D eigenvalue weighted by atomic mass is 10.1. The number of thiazole rings is 1. The first-order chi connectivity index (χ1) is 11.5. The highest BCUT2D eigenvalue weighted by molar-refractivity contribution is 7.15. The molecule has 3 rings (SSSR count). The zero-order valence-corrected chi connectivity index (χ0v) is 15.1. The van der Waals surface area contributed by atoms with Crippen molar-refractivity contribution < 1.29 is 9.18 Å². The molecule has 0 N–H and O–H groups in total. The number of halogens is 1. The van der Waals surface area contributed by atoms with Gasteiger partial charge in [0.05, 0.1) is 9.88 Å². The van der Waals surface area contributed by atoms with Crippen molar-refractivity contribution in [1.29, 1.82) is 0 Å². The third-order valence-corrected chi connectivity index (χ3v) is 5.48. The van der Waals surface area contributed by atoms with E-state index in [9.17, 15) is 9.18 Å². The van der Waals surface area contributed by atoms with Gasteiger partial charge in [-0.15, -0.1) is 11.3 Å². The van der Waals surface area contributed by atoms with E-state index in [1.54, 1.807) is 12.1 Å². The molecule has 6 heteroatoms. The summed E-state index contributed by atoms with van der Waals surface area (Å²) in [4.78, 5) is 22.6. The van der Waals surface area contributed by atoms with Crippen LogP contribution in [0.3, 0.4) is 0 Å². The van der Waals surface area contributed by atoms with Gasteiger partial charge in [-0.3, -0.25) is 4.79 Å². The Morgan fingerprint density at radius 3 is 2.71 bits per heavy atom. The average molecular weight is 347 g/mol. The van der Waals surface area contributed by atoms with Gasteiger partial charge in [0.15, 0.2) is 0 Å². The third-order valence-electron chi connectivity index (χ3n) is 4.46. The van der Waals surface area contributed by atoms with Gasteiger partial charge in [-0.2, -0.15) is 0 Å². The van der Waals surface area contributed by atoms with Gasteiger partial charge < -0.3 is 9.80 Å². The molecular weight excluding hydrogens is 325 g/mol. The number of amides is 1. The third kappa shape index (κ3) is 3.35. The molecule has 0 saturated carbocycles. The molecule has 0 radical (unpaired) electrons. The van der Waals surface area contributed by atoms with E-state index >= 15 is 0 Å². The van der Waals surface area contributed by atoms with Gasteiger partial charge in [0.1, 0.15) is 11.5 Å². The fourth-order valence-corrected chi connectivity index (χ4v) is 4.05. The lowest BCUT2D eigenvalue weighted by Gasteiger charge is -2.39. The molecule has 1 atom stereocenters. The van der Waals surface area contributed by atoms with E-state index in [4.69, 9.17) is 0 Å². The monoisotopic (exact) mass is 347 g/mol. The van der Waals surface area contributed by atoms with E-state index in [-0.39, 0.29) is 17.8 Å². The van der Waals surface area contributed by atoms with Crippen molar-refractivity contribution in [1.82, 2.24) is 14.8 Å². The largest absolute Gasteiger partial charge is 0.332 e. The highest BCUT2D eigenvalue weighted by Crippen LogP contribution is 2.32. The standard InChI is InChI=1S/C18H22FN3OS/c1-4-15-11-21(3)9-10-22(15)18(23)16-17(24-12(2)20-16)13-5-7-14(19)8-6-13/h5-8,15H,4,9-11H2,1-3H3. The number of aryl methyl sites for hydroxylation is 1. The Labute approximate surface area is 145 Å². The van der Waals surface area contributed by atoms with Crippen LogP contribution in [0.4, 0.5) is 4.39 Å². The van der Waals surface area contributed by atoms with E-state index in [1.165, 1.54) is 23.5 Å². The maximum atomic E-state index is 13.2. The Morgan fingerprint density at radius 2 is 2.04 bits per heavy atom. The number of piperazine rings is 1. The highest BCUT2D eigenvalue weighted by atomic mass is 32.1. The van der Waals surface area contributed by atoms with Crippen molar-refractivity contribution in [2.75, 3.05) is 26.7 Å². The number of nitrogens with zero attached hydrogens (tertiary/aromatic N) is 3. The second-order valence-corrected chi connectivity index (χ2v) is 7.44. The van der Waals surface area contributed by atoms with E-state index in [0.717, 1.165) is 35.0 Å². The van der Waals surface area contributed by atoms with Crippen molar-refractivity contribution >= 4 is 17.2 Å². The van der Waals surface area contributed by atoms with Crippen LogP contribution in [0.2, 0.25) is 0 Å². The second-order valence-electron chi connectivity index (χ2n) is 6.24. The number of likely N-dealkylation sites (N-methyl/N-ethyl adjacent to an activating group) is 1. The first kappa shape index (κ1) is 17.0. The molecule has 1 aliphatic heterocycles. The maximum Gasteiger partial charge on any atom is 0.274 e. The summed E-state index contributed by atoms with van der Waals surface area (Å²) in [6.45, 7) is 6.48. The summed E-state index contributed by atoms with van der Waals surface area (Å²) < 4.78 is 13.2. The number of hydrogen-bond donors (Lipinski definition) is 0. The molecule has 4 nitrogen and oxygen atoms in total. The van der Waals surface area contributed by atoms with Gasteiger partial charge in [0, 0.05) is 25.7 Å². The molecule has 1 amide bonds. The van der Waals surface area contributed by atoms with E-state index < -0.39 is 0 Å². The molecular formula is C18H22FN3OS. The Bertz CT molecular complexity index is 728. The van der Waals surface area contributed by atoms with Gasteiger partial charge in [-0.05, 0) is 38.1 Å². The molecule has 128 valence electrons. The lowest BCUT2D eigenvalue weighted by Crippen LogP contribution is -2.53.